The van der Waals surface area contributed by atoms with Crippen LogP contribution in [-0.4, -0.2) is 10.8 Å². The van der Waals surface area contributed by atoms with E-state index < -0.39 is 4.92 Å². The van der Waals surface area contributed by atoms with Crippen molar-refractivity contribution in [2.24, 2.45) is 0 Å². The van der Waals surface area contributed by atoms with E-state index in [1.54, 1.807) is 18.2 Å². The molecule has 0 saturated heterocycles. The molecule has 2 aromatic carbocycles. The minimum absolute atomic E-state index is 0.122. The molecule has 0 aliphatic rings. The number of amides is 1. The van der Waals surface area contributed by atoms with Gasteiger partial charge in [0.2, 0.25) is 0 Å². The molecule has 2 aromatic rings. The maximum Gasteiger partial charge on any atom is 0.271 e. The van der Waals surface area contributed by atoms with Gasteiger partial charge < -0.3 is 5.32 Å². The lowest BCUT2D eigenvalue weighted by Gasteiger charge is -2.07. The van der Waals surface area contributed by atoms with Crippen LogP contribution in [0.15, 0.2) is 42.5 Å². The quantitative estimate of drug-likeness (QED) is 0.690. The second-order valence-electron chi connectivity index (χ2n) is 4.24. The molecule has 102 valence electrons. The van der Waals surface area contributed by atoms with Crippen molar-refractivity contribution in [3.8, 4) is 0 Å². The Morgan fingerprint density at radius 3 is 2.60 bits per heavy atom. The molecule has 5 nitrogen and oxygen atoms in total. The van der Waals surface area contributed by atoms with Crippen LogP contribution in [-0.2, 0) is 0 Å². The summed E-state index contributed by atoms with van der Waals surface area (Å²) in [4.78, 5) is 22.1. The minimum Gasteiger partial charge on any atom is -0.321 e. The lowest BCUT2D eigenvalue weighted by molar-refractivity contribution is -0.384. The Morgan fingerprint density at radius 1 is 1.25 bits per heavy atom. The van der Waals surface area contributed by atoms with Gasteiger partial charge in [0.1, 0.15) is 0 Å². The van der Waals surface area contributed by atoms with E-state index >= 15 is 0 Å². The van der Waals surface area contributed by atoms with Gasteiger partial charge in [-0.05, 0) is 25.1 Å². The molecule has 0 aliphatic heterocycles. The highest BCUT2D eigenvalue weighted by Gasteiger charge is 2.12. The number of aryl methyl sites for hydroxylation is 1. The molecule has 1 N–H and O–H groups in total. The number of carbonyl (C=O) groups excluding carboxylic acids is 1. The summed E-state index contributed by atoms with van der Waals surface area (Å²) in [6.07, 6.45) is 0. The Labute approximate surface area is 120 Å². The predicted octanol–water partition coefficient (Wildman–Crippen LogP) is 3.81. The Kier molecular flexibility index (Phi) is 4.00. The molecule has 0 unspecified atom stereocenters. The van der Waals surface area contributed by atoms with Crippen LogP contribution < -0.4 is 5.32 Å². The summed E-state index contributed by atoms with van der Waals surface area (Å²) in [5, 5.41) is 13.4. The van der Waals surface area contributed by atoms with Crippen LogP contribution in [0, 0.1) is 17.0 Å². The van der Waals surface area contributed by atoms with Crippen molar-refractivity contribution in [2.45, 2.75) is 6.92 Å². The van der Waals surface area contributed by atoms with E-state index in [4.69, 9.17) is 11.6 Å². The smallest absolute Gasteiger partial charge is 0.271 e. The number of rotatable bonds is 3. The van der Waals surface area contributed by atoms with E-state index in [9.17, 15) is 14.9 Å². The lowest BCUT2D eigenvalue weighted by Crippen LogP contribution is -2.12. The number of anilines is 1. The number of nitro benzene ring substituents is 1. The van der Waals surface area contributed by atoms with E-state index in [0.717, 1.165) is 5.56 Å². The molecule has 0 saturated carbocycles. The van der Waals surface area contributed by atoms with Crippen LogP contribution in [0.25, 0.3) is 0 Å². The summed E-state index contributed by atoms with van der Waals surface area (Å²) < 4.78 is 0. The van der Waals surface area contributed by atoms with Gasteiger partial charge >= 0.3 is 0 Å². The topological polar surface area (TPSA) is 72.2 Å². The van der Waals surface area contributed by atoms with E-state index in [1.165, 1.54) is 18.2 Å². The highest BCUT2D eigenvalue weighted by atomic mass is 35.5. The standard InChI is InChI=1S/C14H11ClN2O3/c1-9-3-2-4-10(7-9)14(18)16-13-6-5-11(17(19)20)8-12(13)15/h2-8H,1H3,(H,16,18). The molecule has 20 heavy (non-hydrogen) atoms. The molecule has 0 atom stereocenters. The van der Waals surface area contributed by atoms with Crippen molar-refractivity contribution < 1.29 is 9.72 Å². The fourth-order valence-corrected chi connectivity index (χ4v) is 1.92. The number of halogens is 1. The van der Waals surface area contributed by atoms with Crippen molar-refractivity contribution in [3.63, 3.8) is 0 Å². The third kappa shape index (κ3) is 3.13. The number of nitrogens with zero attached hydrogens (tertiary/aromatic N) is 1. The molecule has 0 spiro atoms. The summed E-state index contributed by atoms with van der Waals surface area (Å²) in [7, 11) is 0. The molecule has 0 heterocycles. The average molecular weight is 291 g/mol. The Morgan fingerprint density at radius 2 is 2.00 bits per heavy atom. The van der Waals surface area contributed by atoms with Crippen LogP contribution in [0.2, 0.25) is 5.02 Å². The zero-order valence-electron chi connectivity index (χ0n) is 10.6. The fourth-order valence-electron chi connectivity index (χ4n) is 1.70. The van der Waals surface area contributed by atoms with Gasteiger partial charge in [0.05, 0.1) is 15.6 Å². The van der Waals surface area contributed by atoms with Crippen LogP contribution in [0.1, 0.15) is 15.9 Å². The normalized spacial score (nSPS) is 10.1. The summed E-state index contributed by atoms with van der Waals surface area (Å²) in [5.41, 5.74) is 1.68. The number of nitro groups is 1. The predicted molar refractivity (Wildman–Crippen MR) is 77.2 cm³/mol. The van der Waals surface area contributed by atoms with E-state index in [0.29, 0.717) is 11.3 Å². The van der Waals surface area contributed by atoms with Crippen molar-refractivity contribution in [2.75, 3.05) is 5.32 Å². The van der Waals surface area contributed by atoms with Gasteiger partial charge in [-0.1, -0.05) is 29.3 Å². The van der Waals surface area contributed by atoms with Gasteiger partial charge in [-0.15, -0.1) is 0 Å². The van der Waals surface area contributed by atoms with Crippen LogP contribution in [0.3, 0.4) is 0 Å². The van der Waals surface area contributed by atoms with E-state index in [1.807, 2.05) is 13.0 Å². The molecule has 0 fully saturated rings. The third-order valence-corrected chi connectivity index (χ3v) is 3.00. The van der Waals surface area contributed by atoms with E-state index in [2.05, 4.69) is 5.32 Å². The zero-order valence-corrected chi connectivity index (χ0v) is 11.3. The Hall–Kier alpha value is -2.40. The summed E-state index contributed by atoms with van der Waals surface area (Å²) in [5.74, 6) is -0.315. The number of non-ortho nitro benzene ring substituents is 1. The molecule has 6 heteroatoms. The van der Waals surface area contributed by atoms with Gasteiger partial charge in [-0.2, -0.15) is 0 Å². The highest BCUT2D eigenvalue weighted by Crippen LogP contribution is 2.27. The van der Waals surface area contributed by atoms with Crippen molar-refractivity contribution in [1.82, 2.24) is 0 Å². The maximum atomic E-state index is 12.0. The zero-order chi connectivity index (χ0) is 14.7. The summed E-state index contributed by atoms with van der Waals surface area (Å²) in [6.45, 7) is 1.88. The van der Waals surface area contributed by atoms with Crippen LogP contribution in [0.4, 0.5) is 11.4 Å². The number of nitrogens with one attached hydrogen (secondary N) is 1. The largest absolute Gasteiger partial charge is 0.321 e. The second-order valence-corrected chi connectivity index (χ2v) is 4.65. The molecule has 2 rings (SSSR count). The monoisotopic (exact) mass is 290 g/mol. The Bertz CT molecular complexity index is 686. The second kappa shape index (κ2) is 5.71. The first kappa shape index (κ1) is 14.0. The van der Waals surface area contributed by atoms with E-state index in [-0.39, 0.29) is 16.6 Å². The van der Waals surface area contributed by atoms with Crippen LogP contribution >= 0.6 is 11.6 Å². The van der Waals surface area contributed by atoms with Crippen molar-refractivity contribution in [3.05, 3.63) is 68.7 Å². The molecule has 0 aromatic heterocycles. The molecular weight excluding hydrogens is 280 g/mol. The van der Waals surface area contributed by atoms with Gasteiger partial charge in [0, 0.05) is 17.7 Å². The van der Waals surface area contributed by atoms with Crippen LogP contribution in [0.5, 0.6) is 0 Å². The SMILES string of the molecule is Cc1cccc(C(=O)Nc2ccc([N+](=O)[O-])cc2Cl)c1. The third-order valence-electron chi connectivity index (χ3n) is 2.69. The first-order valence-corrected chi connectivity index (χ1v) is 6.17. The first-order valence-electron chi connectivity index (χ1n) is 5.79. The van der Waals surface area contributed by atoms with Crippen molar-refractivity contribution >= 4 is 28.9 Å². The van der Waals surface area contributed by atoms with Crippen molar-refractivity contribution in [1.29, 1.82) is 0 Å². The number of hydrogen-bond acceptors (Lipinski definition) is 3. The fraction of sp³-hybridized carbons (Fsp3) is 0.0714. The van der Waals surface area contributed by atoms with Gasteiger partial charge in [0.25, 0.3) is 11.6 Å². The maximum absolute atomic E-state index is 12.0. The van der Waals surface area contributed by atoms with Gasteiger partial charge in [0.15, 0.2) is 0 Å². The number of carbonyl (C=O) groups is 1. The minimum atomic E-state index is -0.544. The average Bonchev–Trinajstić information content (AvgIpc) is 2.40. The molecule has 0 bridgehead atoms. The molecule has 0 aliphatic carbocycles. The molecule has 1 amide bonds. The van der Waals surface area contributed by atoms with Gasteiger partial charge in [-0.25, -0.2) is 0 Å². The highest BCUT2D eigenvalue weighted by molar-refractivity contribution is 6.34. The summed E-state index contributed by atoms with van der Waals surface area (Å²) >= 11 is 5.92. The number of benzene rings is 2. The van der Waals surface area contributed by atoms with Gasteiger partial charge in [-0.3, -0.25) is 14.9 Å². The summed E-state index contributed by atoms with van der Waals surface area (Å²) in [6, 6.07) is 11.0. The lowest BCUT2D eigenvalue weighted by atomic mass is 10.1. The Balaban J connectivity index is 2.22. The molecule has 0 radical (unpaired) electrons. The first-order chi connectivity index (χ1) is 9.47. The molecular formula is C14H11ClN2O3. The number of hydrogen-bond donors (Lipinski definition) is 1.